The van der Waals surface area contributed by atoms with E-state index < -0.39 is 0 Å². The zero-order valence-corrected chi connectivity index (χ0v) is 35.4. The normalized spacial score (nSPS) is 16.0. The number of hydrogen-bond acceptors (Lipinski definition) is 5. The lowest BCUT2D eigenvalue weighted by Crippen LogP contribution is -2.18. The number of allylic oxidation sites excluding steroid dienone is 1. The molecule has 2 aliphatic rings. The molecule has 62 heavy (non-hydrogen) atoms. The molecule has 0 saturated carbocycles. The Hall–Kier alpha value is -7.28. The highest BCUT2D eigenvalue weighted by molar-refractivity contribution is 7.21. The SMILES string of the molecule is CC1C=Cc2c(c3ccccc3n2-c2ccccc2)C1c1nc(-c2ccccc2)nc(-c2ccc3sc(-c4ccc(-c5ccc6c(c5)C(C)(C)c5ccccc5-6)cc4)nc3c2)n1. The lowest BCUT2D eigenvalue weighted by molar-refractivity contribution is 0.586. The average Bonchev–Trinajstić information content (AvgIpc) is 3.97. The maximum Gasteiger partial charge on any atom is 0.163 e. The van der Waals surface area contributed by atoms with Crippen molar-refractivity contribution in [1.29, 1.82) is 0 Å². The van der Waals surface area contributed by atoms with Crippen molar-refractivity contribution in [3.8, 4) is 61.3 Å². The summed E-state index contributed by atoms with van der Waals surface area (Å²) in [6.45, 7) is 6.94. The molecule has 0 saturated heterocycles. The molecule has 12 rings (SSSR count). The number of rotatable bonds is 6. The summed E-state index contributed by atoms with van der Waals surface area (Å²) in [5.41, 5.74) is 16.5. The minimum absolute atomic E-state index is 0.0346. The number of thiazole rings is 1. The van der Waals surface area contributed by atoms with Gasteiger partial charge < -0.3 is 4.57 Å². The van der Waals surface area contributed by atoms with Crippen LogP contribution in [0.1, 0.15) is 54.9 Å². The van der Waals surface area contributed by atoms with Gasteiger partial charge in [0.25, 0.3) is 0 Å². The van der Waals surface area contributed by atoms with E-state index in [4.69, 9.17) is 19.9 Å². The Labute approximate surface area is 364 Å². The summed E-state index contributed by atoms with van der Waals surface area (Å²) in [5.74, 6) is 2.13. The summed E-state index contributed by atoms with van der Waals surface area (Å²) >= 11 is 1.71. The van der Waals surface area contributed by atoms with Crippen LogP contribution in [0.5, 0.6) is 0 Å². The first-order chi connectivity index (χ1) is 30.4. The molecule has 3 aromatic heterocycles. The summed E-state index contributed by atoms with van der Waals surface area (Å²) in [6.07, 6.45) is 4.58. The molecule has 10 aromatic rings. The Kier molecular flexibility index (Phi) is 8.34. The molecule has 5 nitrogen and oxygen atoms in total. The van der Waals surface area contributed by atoms with Crippen LogP contribution >= 0.6 is 11.3 Å². The van der Waals surface area contributed by atoms with Crippen molar-refractivity contribution in [1.82, 2.24) is 24.5 Å². The molecule has 0 fully saturated rings. The largest absolute Gasteiger partial charge is 0.310 e. The third kappa shape index (κ3) is 5.82. The van der Waals surface area contributed by atoms with Crippen LogP contribution in [-0.4, -0.2) is 24.5 Å². The van der Waals surface area contributed by atoms with Crippen molar-refractivity contribution >= 4 is 38.5 Å². The number of benzene rings is 7. The maximum atomic E-state index is 5.35. The first-order valence-corrected chi connectivity index (χ1v) is 22.2. The van der Waals surface area contributed by atoms with Crippen molar-refractivity contribution in [2.75, 3.05) is 0 Å². The second-order valence-corrected chi connectivity index (χ2v) is 18.1. The van der Waals surface area contributed by atoms with Gasteiger partial charge in [0, 0.05) is 33.2 Å². The predicted molar refractivity (Wildman–Crippen MR) is 256 cm³/mol. The van der Waals surface area contributed by atoms with Gasteiger partial charge in [0.1, 0.15) is 10.8 Å². The van der Waals surface area contributed by atoms with Gasteiger partial charge in [0.05, 0.1) is 27.3 Å². The number of hydrogen-bond donors (Lipinski definition) is 0. The van der Waals surface area contributed by atoms with Crippen molar-refractivity contribution in [3.63, 3.8) is 0 Å². The molecule has 2 unspecified atom stereocenters. The monoisotopic (exact) mass is 815 g/mol. The minimum Gasteiger partial charge on any atom is -0.310 e. The molecule has 6 heteroatoms. The van der Waals surface area contributed by atoms with Gasteiger partial charge in [0.15, 0.2) is 11.6 Å². The van der Waals surface area contributed by atoms with E-state index >= 15 is 0 Å². The lowest BCUT2D eigenvalue weighted by Gasteiger charge is -2.26. The van der Waals surface area contributed by atoms with E-state index in [9.17, 15) is 0 Å². The molecule has 2 atom stereocenters. The fraction of sp³-hybridized carbons (Fsp3) is 0.107. The smallest absolute Gasteiger partial charge is 0.163 e. The van der Waals surface area contributed by atoms with Crippen molar-refractivity contribution in [3.05, 3.63) is 204 Å². The summed E-state index contributed by atoms with van der Waals surface area (Å²) in [4.78, 5) is 21.0. The molecule has 2 aliphatic carbocycles. The third-order valence-corrected chi connectivity index (χ3v) is 14.1. The van der Waals surface area contributed by atoms with Gasteiger partial charge in [-0.1, -0.05) is 154 Å². The van der Waals surface area contributed by atoms with E-state index in [2.05, 4.69) is 189 Å². The van der Waals surface area contributed by atoms with E-state index in [1.54, 1.807) is 11.3 Å². The van der Waals surface area contributed by atoms with Gasteiger partial charge in [-0.2, -0.15) is 0 Å². The molecule has 0 spiro atoms. The average molecular weight is 816 g/mol. The highest BCUT2D eigenvalue weighted by atomic mass is 32.1. The van der Waals surface area contributed by atoms with Gasteiger partial charge >= 0.3 is 0 Å². The molecular weight excluding hydrogens is 775 g/mol. The molecule has 0 radical (unpaired) electrons. The van der Waals surface area contributed by atoms with Crippen LogP contribution in [0.3, 0.4) is 0 Å². The summed E-state index contributed by atoms with van der Waals surface area (Å²) in [6, 6.07) is 60.6. The predicted octanol–water partition coefficient (Wildman–Crippen LogP) is 14.2. The quantitative estimate of drug-likeness (QED) is 0.168. The number of para-hydroxylation sites is 2. The number of nitrogens with zero attached hydrogens (tertiary/aromatic N) is 5. The molecule has 0 N–H and O–H groups in total. The van der Waals surface area contributed by atoms with Gasteiger partial charge in [-0.05, 0) is 93.4 Å². The zero-order valence-electron chi connectivity index (χ0n) is 34.6. The Morgan fingerprint density at radius 2 is 1.21 bits per heavy atom. The van der Waals surface area contributed by atoms with Gasteiger partial charge in [0.2, 0.25) is 0 Å². The third-order valence-electron chi connectivity index (χ3n) is 13.0. The number of aromatic nitrogens is 5. The topological polar surface area (TPSA) is 56.5 Å². The molecule has 7 aromatic carbocycles. The summed E-state index contributed by atoms with van der Waals surface area (Å²) in [5, 5.41) is 2.20. The standard InChI is InChI=1S/C56H41N5S/c1-34-22-30-48-51(43-19-11-13-21-47(43)61(48)40-16-8-5-9-17-40)50(34)54-59-52(36-14-6-4-7-15-36)58-53(60-54)39-28-31-49-46(33-39)57-55(62-49)37-25-23-35(24-26-37)38-27-29-42-41-18-10-12-20-44(41)56(2,3)45(42)32-38/h4-34,50H,1-3H3. The molecule has 3 heterocycles. The molecule has 296 valence electrons. The zero-order chi connectivity index (χ0) is 41.5. The van der Waals surface area contributed by atoms with Crippen LogP contribution in [0.2, 0.25) is 0 Å². The lowest BCUT2D eigenvalue weighted by atomic mass is 9.81. The van der Waals surface area contributed by atoms with Crippen molar-refractivity contribution < 1.29 is 0 Å². The fourth-order valence-electron chi connectivity index (χ4n) is 9.87. The Bertz CT molecular complexity index is 3400. The van der Waals surface area contributed by atoms with Gasteiger partial charge in [-0.3, -0.25) is 0 Å². The van der Waals surface area contributed by atoms with E-state index in [0.717, 1.165) is 49.1 Å². The van der Waals surface area contributed by atoms with Crippen LogP contribution in [0.4, 0.5) is 0 Å². The van der Waals surface area contributed by atoms with Crippen LogP contribution in [-0.2, 0) is 5.41 Å². The molecule has 0 amide bonds. The summed E-state index contributed by atoms with van der Waals surface area (Å²) in [7, 11) is 0. The van der Waals surface area contributed by atoms with E-state index in [1.165, 1.54) is 49.8 Å². The maximum absolute atomic E-state index is 5.35. The highest BCUT2D eigenvalue weighted by Gasteiger charge is 2.36. The summed E-state index contributed by atoms with van der Waals surface area (Å²) < 4.78 is 3.49. The fourth-order valence-corrected chi connectivity index (χ4v) is 10.8. The second-order valence-electron chi connectivity index (χ2n) is 17.1. The van der Waals surface area contributed by atoms with Crippen LogP contribution in [0, 0.1) is 5.92 Å². The van der Waals surface area contributed by atoms with E-state index in [-0.39, 0.29) is 17.3 Å². The van der Waals surface area contributed by atoms with Gasteiger partial charge in [-0.15, -0.1) is 11.3 Å². The van der Waals surface area contributed by atoms with Crippen molar-refractivity contribution in [2.24, 2.45) is 5.92 Å². The molecule has 0 aliphatic heterocycles. The number of fused-ring (bicyclic) bond motifs is 7. The minimum atomic E-state index is -0.0914. The van der Waals surface area contributed by atoms with Crippen LogP contribution < -0.4 is 0 Å². The Morgan fingerprint density at radius 1 is 0.548 bits per heavy atom. The van der Waals surface area contributed by atoms with Gasteiger partial charge in [-0.25, -0.2) is 19.9 Å². The highest BCUT2D eigenvalue weighted by Crippen LogP contribution is 2.50. The van der Waals surface area contributed by atoms with E-state index in [1.807, 2.05) is 18.2 Å². The first-order valence-electron chi connectivity index (χ1n) is 21.3. The van der Waals surface area contributed by atoms with Crippen molar-refractivity contribution in [2.45, 2.75) is 32.1 Å². The van der Waals surface area contributed by atoms with Crippen LogP contribution in [0.15, 0.2) is 176 Å². The Balaban J connectivity index is 0.917. The van der Waals surface area contributed by atoms with Crippen LogP contribution in [0.25, 0.3) is 88.5 Å². The molecule has 0 bridgehead atoms. The Morgan fingerprint density at radius 3 is 2.03 bits per heavy atom. The molecular formula is C56H41N5S. The first kappa shape index (κ1) is 36.6. The second kappa shape index (κ2) is 14.2. The van der Waals surface area contributed by atoms with E-state index in [0.29, 0.717) is 11.6 Å².